The van der Waals surface area contributed by atoms with Crippen LogP contribution >= 0.6 is 23.1 Å². The third-order valence-corrected chi connectivity index (χ3v) is 6.41. The standard InChI is InChI=1S/C20H21N5O4S2/c1-12-15(19(28)29-4)17(31-16(12)18(27)24(2)3)22-14(26)10-30-20-23-21-11-25(20)13-8-6-5-7-9-13/h5-9,11H,10H2,1-4H3,(H,22,26). The Morgan fingerprint density at radius 2 is 1.94 bits per heavy atom. The maximum absolute atomic E-state index is 12.6. The number of carbonyl (C=O) groups excluding carboxylic acids is 3. The van der Waals surface area contributed by atoms with Crippen LogP contribution in [-0.4, -0.2) is 64.4 Å². The molecule has 0 atom stereocenters. The predicted molar refractivity (Wildman–Crippen MR) is 119 cm³/mol. The molecule has 11 heteroatoms. The highest BCUT2D eigenvalue weighted by atomic mass is 32.2. The van der Waals surface area contributed by atoms with Crippen molar-refractivity contribution < 1.29 is 19.1 Å². The first-order valence-corrected chi connectivity index (χ1v) is 10.9. The molecule has 2 aromatic heterocycles. The predicted octanol–water partition coefficient (Wildman–Crippen LogP) is 2.86. The summed E-state index contributed by atoms with van der Waals surface area (Å²) in [5.74, 6) is -1.17. The largest absolute Gasteiger partial charge is 0.465 e. The van der Waals surface area contributed by atoms with E-state index >= 15 is 0 Å². The van der Waals surface area contributed by atoms with Crippen molar-refractivity contribution >= 4 is 45.9 Å². The number of ether oxygens (including phenoxy) is 1. The van der Waals surface area contributed by atoms with Crippen LogP contribution in [-0.2, 0) is 9.53 Å². The molecular weight excluding hydrogens is 438 g/mol. The number of nitrogens with zero attached hydrogens (tertiary/aromatic N) is 4. The van der Waals surface area contributed by atoms with E-state index in [1.807, 2.05) is 30.3 Å². The lowest BCUT2D eigenvalue weighted by Crippen LogP contribution is -2.21. The second-order valence-electron chi connectivity index (χ2n) is 6.61. The number of hydrogen-bond donors (Lipinski definition) is 1. The summed E-state index contributed by atoms with van der Waals surface area (Å²) in [6.07, 6.45) is 1.58. The smallest absolute Gasteiger partial charge is 0.341 e. The van der Waals surface area contributed by atoms with Gasteiger partial charge in [0.25, 0.3) is 5.91 Å². The summed E-state index contributed by atoms with van der Waals surface area (Å²) in [7, 11) is 4.50. The molecule has 0 aliphatic heterocycles. The number of para-hydroxylation sites is 1. The monoisotopic (exact) mass is 459 g/mol. The van der Waals surface area contributed by atoms with Gasteiger partial charge in [0.1, 0.15) is 11.3 Å². The van der Waals surface area contributed by atoms with E-state index in [1.54, 1.807) is 31.9 Å². The molecule has 0 spiro atoms. The van der Waals surface area contributed by atoms with Crippen LogP contribution in [0.5, 0.6) is 0 Å². The Morgan fingerprint density at radius 1 is 1.23 bits per heavy atom. The summed E-state index contributed by atoms with van der Waals surface area (Å²) in [6, 6.07) is 9.53. The lowest BCUT2D eigenvalue weighted by molar-refractivity contribution is -0.113. The minimum atomic E-state index is -0.613. The van der Waals surface area contributed by atoms with Crippen molar-refractivity contribution in [2.24, 2.45) is 0 Å². The lowest BCUT2D eigenvalue weighted by atomic mass is 10.1. The first kappa shape index (κ1) is 22.5. The van der Waals surface area contributed by atoms with Crippen molar-refractivity contribution in [2.75, 3.05) is 32.3 Å². The number of aromatic nitrogens is 3. The van der Waals surface area contributed by atoms with Gasteiger partial charge < -0.3 is 15.0 Å². The summed E-state index contributed by atoms with van der Waals surface area (Å²) in [4.78, 5) is 39.1. The number of hydrogen-bond acceptors (Lipinski definition) is 8. The molecule has 0 aliphatic carbocycles. The maximum Gasteiger partial charge on any atom is 0.341 e. The van der Waals surface area contributed by atoms with Gasteiger partial charge in [-0.25, -0.2) is 4.79 Å². The molecule has 2 amide bonds. The Kier molecular flexibility index (Phi) is 7.08. The maximum atomic E-state index is 12.6. The molecule has 0 saturated heterocycles. The van der Waals surface area contributed by atoms with Crippen molar-refractivity contribution in [3.8, 4) is 5.69 Å². The summed E-state index contributed by atoms with van der Waals surface area (Å²) in [5.41, 5.74) is 1.54. The highest BCUT2D eigenvalue weighted by Gasteiger charge is 2.27. The molecule has 0 unspecified atom stereocenters. The zero-order valence-corrected chi connectivity index (χ0v) is 19.0. The van der Waals surface area contributed by atoms with Gasteiger partial charge in [-0.2, -0.15) is 0 Å². The van der Waals surface area contributed by atoms with Gasteiger partial charge in [-0.3, -0.25) is 14.2 Å². The van der Waals surface area contributed by atoms with E-state index in [2.05, 4.69) is 15.5 Å². The topological polar surface area (TPSA) is 106 Å². The molecule has 3 aromatic rings. The van der Waals surface area contributed by atoms with Crippen molar-refractivity contribution in [1.29, 1.82) is 0 Å². The van der Waals surface area contributed by atoms with Crippen LogP contribution in [0.25, 0.3) is 5.69 Å². The van der Waals surface area contributed by atoms with E-state index < -0.39 is 5.97 Å². The second kappa shape index (κ2) is 9.75. The summed E-state index contributed by atoms with van der Waals surface area (Å²) >= 11 is 2.26. The van der Waals surface area contributed by atoms with E-state index in [9.17, 15) is 14.4 Å². The molecule has 0 bridgehead atoms. The van der Waals surface area contributed by atoms with E-state index in [0.29, 0.717) is 15.6 Å². The molecule has 3 rings (SSSR count). The first-order valence-electron chi connectivity index (χ1n) is 9.15. The molecule has 0 saturated carbocycles. The van der Waals surface area contributed by atoms with Gasteiger partial charge >= 0.3 is 5.97 Å². The van der Waals surface area contributed by atoms with E-state index in [1.165, 1.54) is 23.8 Å². The number of anilines is 1. The van der Waals surface area contributed by atoms with Crippen LogP contribution in [0.4, 0.5) is 5.00 Å². The number of thiophene rings is 1. The van der Waals surface area contributed by atoms with E-state index in [0.717, 1.165) is 17.0 Å². The molecule has 0 radical (unpaired) electrons. The van der Waals surface area contributed by atoms with Gasteiger partial charge in [0.05, 0.1) is 23.3 Å². The summed E-state index contributed by atoms with van der Waals surface area (Å²) < 4.78 is 6.62. The number of thioether (sulfide) groups is 1. The molecule has 162 valence electrons. The number of amides is 2. The van der Waals surface area contributed by atoms with Gasteiger partial charge in [0.2, 0.25) is 5.91 Å². The molecule has 0 aliphatic rings. The second-order valence-corrected chi connectivity index (χ2v) is 8.57. The average Bonchev–Trinajstić information content (AvgIpc) is 3.36. The SMILES string of the molecule is COC(=O)c1c(NC(=O)CSc2nncn2-c2ccccc2)sc(C(=O)N(C)C)c1C. The van der Waals surface area contributed by atoms with Crippen molar-refractivity contribution in [2.45, 2.75) is 12.1 Å². The zero-order valence-electron chi connectivity index (χ0n) is 17.4. The highest BCUT2D eigenvalue weighted by molar-refractivity contribution is 7.99. The first-order chi connectivity index (χ1) is 14.8. The highest BCUT2D eigenvalue weighted by Crippen LogP contribution is 2.34. The third-order valence-electron chi connectivity index (χ3n) is 4.27. The Morgan fingerprint density at radius 3 is 2.58 bits per heavy atom. The van der Waals surface area contributed by atoms with Gasteiger partial charge in [0.15, 0.2) is 5.16 Å². The number of nitrogens with one attached hydrogen (secondary N) is 1. The average molecular weight is 460 g/mol. The van der Waals surface area contributed by atoms with Crippen molar-refractivity contribution in [3.05, 3.63) is 52.7 Å². The molecule has 2 heterocycles. The quantitative estimate of drug-likeness (QED) is 0.428. The minimum Gasteiger partial charge on any atom is -0.465 e. The normalized spacial score (nSPS) is 10.6. The van der Waals surface area contributed by atoms with Gasteiger partial charge in [-0.15, -0.1) is 21.5 Å². The lowest BCUT2D eigenvalue weighted by Gasteiger charge is -2.08. The minimum absolute atomic E-state index is 0.0417. The number of benzene rings is 1. The fourth-order valence-corrected chi connectivity index (χ4v) is 4.70. The van der Waals surface area contributed by atoms with Crippen LogP contribution in [0.3, 0.4) is 0 Å². The number of carbonyl (C=O) groups is 3. The van der Waals surface area contributed by atoms with E-state index in [-0.39, 0.29) is 28.1 Å². The van der Waals surface area contributed by atoms with Crippen LogP contribution in [0.2, 0.25) is 0 Å². The Labute approximate surface area is 187 Å². The Hall–Kier alpha value is -3.18. The van der Waals surface area contributed by atoms with Crippen molar-refractivity contribution in [3.63, 3.8) is 0 Å². The van der Waals surface area contributed by atoms with Gasteiger partial charge in [-0.05, 0) is 24.6 Å². The number of esters is 1. The number of rotatable bonds is 7. The fraction of sp³-hybridized carbons (Fsp3) is 0.250. The van der Waals surface area contributed by atoms with Crippen molar-refractivity contribution in [1.82, 2.24) is 19.7 Å². The molecular formula is C20H21N5O4S2. The molecule has 1 aromatic carbocycles. The van der Waals surface area contributed by atoms with E-state index in [4.69, 9.17) is 4.74 Å². The van der Waals surface area contributed by atoms with Gasteiger partial charge in [-0.1, -0.05) is 30.0 Å². The number of methoxy groups -OCH3 is 1. The Balaban J connectivity index is 1.77. The molecule has 0 fully saturated rings. The van der Waals surface area contributed by atoms with Gasteiger partial charge in [0, 0.05) is 19.8 Å². The third kappa shape index (κ3) is 4.94. The molecule has 1 N–H and O–H groups in total. The summed E-state index contributed by atoms with van der Waals surface area (Å²) in [5, 5.41) is 11.6. The van der Waals surface area contributed by atoms with Crippen LogP contribution in [0, 0.1) is 6.92 Å². The Bertz CT molecular complexity index is 1110. The zero-order chi connectivity index (χ0) is 22.5. The molecule has 9 nitrogen and oxygen atoms in total. The van der Waals surface area contributed by atoms with Crippen LogP contribution in [0.1, 0.15) is 25.6 Å². The summed E-state index contributed by atoms with van der Waals surface area (Å²) in [6.45, 7) is 1.66. The van der Waals surface area contributed by atoms with Crippen LogP contribution < -0.4 is 5.32 Å². The fourth-order valence-electron chi connectivity index (χ4n) is 2.74. The van der Waals surface area contributed by atoms with Crippen LogP contribution in [0.15, 0.2) is 41.8 Å². The molecule has 31 heavy (non-hydrogen) atoms.